The van der Waals surface area contributed by atoms with E-state index in [-0.39, 0.29) is 12.3 Å². The molecule has 150 valence electrons. The van der Waals surface area contributed by atoms with E-state index in [1.54, 1.807) is 6.92 Å². The van der Waals surface area contributed by atoms with Gasteiger partial charge in [-0.05, 0) is 48.7 Å². The lowest BCUT2D eigenvalue weighted by Crippen LogP contribution is -2.06. The molecule has 0 aliphatic rings. The van der Waals surface area contributed by atoms with Crippen LogP contribution in [0.1, 0.15) is 44.4 Å². The molecule has 3 aromatic rings. The number of ether oxygens (including phenoxy) is 1. The standard InChI is InChI=1S/C24H26N2O3/c1-4-5-20(14-23(27)28)18-7-10-22(11-8-18)29-16-21-9-6-19-12-13-26(15-17(2)3)24(19)25-21/h6-13,17,20H,14-16H2,1-3H3,(H,27,28). The summed E-state index contributed by atoms with van der Waals surface area (Å²) >= 11 is 0. The number of aromatic nitrogens is 2. The molecule has 0 spiro atoms. The normalized spacial score (nSPS) is 11.9. The first-order valence-electron chi connectivity index (χ1n) is 9.78. The minimum Gasteiger partial charge on any atom is -0.487 e. The van der Waals surface area contributed by atoms with Crippen molar-refractivity contribution >= 4 is 17.0 Å². The Morgan fingerprint density at radius 3 is 2.59 bits per heavy atom. The highest BCUT2D eigenvalue weighted by atomic mass is 16.5. The second-order valence-corrected chi connectivity index (χ2v) is 7.48. The number of fused-ring (bicyclic) bond motifs is 1. The molecule has 0 fully saturated rings. The Balaban J connectivity index is 1.69. The van der Waals surface area contributed by atoms with Crippen LogP contribution in [0.3, 0.4) is 0 Å². The molecule has 2 heterocycles. The van der Waals surface area contributed by atoms with Gasteiger partial charge in [-0.25, -0.2) is 4.98 Å². The Kier molecular flexibility index (Phi) is 6.56. The second-order valence-electron chi connectivity index (χ2n) is 7.48. The van der Waals surface area contributed by atoms with Crippen LogP contribution in [0.2, 0.25) is 0 Å². The van der Waals surface area contributed by atoms with E-state index in [9.17, 15) is 4.79 Å². The number of hydrogen-bond acceptors (Lipinski definition) is 3. The van der Waals surface area contributed by atoms with Gasteiger partial charge in [-0.1, -0.05) is 31.9 Å². The second kappa shape index (κ2) is 9.29. The summed E-state index contributed by atoms with van der Waals surface area (Å²) in [6, 6.07) is 13.6. The fourth-order valence-corrected chi connectivity index (χ4v) is 3.28. The third-order valence-electron chi connectivity index (χ3n) is 4.60. The minimum atomic E-state index is -0.859. The van der Waals surface area contributed by atoms with Gasteiger partial charge in [0.2, 0.25) is 0 Å². The van der Waals surface area contributed by atoms with E-state index in [1.807, 2.05) is 30.3 Å². The highest BCUT2D eigenvalue weighted by Gasteiger charge is 2.13. The molecule has 5 nitrogen and oxygen atoms in total. The molecule has 1 unspecified atom stereocenters. The molecule has 5 heteroatoms. The predicted octanol–water partition coefficient (Wildman–Crippen LogP) is 4.85. The van der Waals surface area contributed by atoms with Crippen LogP contribution in [0, 0.1) is 17.8 Å². The molecule has 0 aliphatic heterocycles. The van der Waals surface area contributed by atoms with Crippen LogP contribution in [0.15, 0.2) is 48.7 Å². The van der Waals surface area contributed by atoms with E-state index in [1.165, 1.54) is 0 Å². The zero-order valence-corrected chi connectivity index (χ0v) is 17.1. The lowest BCUT2D eigenvalue weighted by Gasteiger charge is -2.11. The number of nitrogens with zero attached hydrogens (tertiary/aromatic N) is 2. The van der Waals surface area contributed by atoms with Crippen molar-refractivity contribution in [3.63, 3.8) is 0 Å². The van der Waals surface area contributed by atoms with Gasteiger partial charge in [0.1, 0.15) is 18.0 Å². The van der Waals surface area contributed by atoms with Gasteiger partial charge in [0.05, 0.1) is 18.0 Å². The van der Waals surface area contributed by atoms with Crippen molar-refractivity contribution in [2.45, 2.75) is 46.3 Å². The van der Waals surface area contributed by atoms with Gasteiger partial charge >= 0.3 is 5.97 Å². The molecule has 0 saturated carbocycles. The van der Waals surface area contributed by atoms with Gasteiger partial charge in [-0.3, -0.25) is 4.79 Å². The Hall–Kier alpha value is -3.26. The Morgan fingerprint density at radius 1 is 1.17 bits per heavy atom. The number of carboxylic acids is 1. The number of benzene rings is 1. The van der Waals surface area contributed by atoms with Crippen molar-refractivity contribution in [3.8, 4) is 17.6 Å². The van der Waals surface area contributed by atoms with Gasteiger partial charge in [-0.15, -0.1) is 5.92 Å². The van der Waals surface area contributed by atoms with Gasteiger partial charge < -0.3 is 14.4 Å². The van der Waals surface area contributed by atoms with Crippen LogP contribution in [0.25, 0.3) is 11.0 Å². The first kappa shape index (κ1) is 20.5. The fourth-order valence-electron chi connectivity index (χ4n) is 3.28. The largest absolute Gasteiger partial charge is 0.487 e. The van der Waals surface area contributed by atoms with Crippen molar-refractivity contribution in [2.24, 2.45) is 5.92 Å². The minimum absolute atomic E-state index is 0.0129. The fraction of sp³-hybridized carbons (Fsp3) is 0.333. The zero-order valence-electron chi connectivity index (χ0n) is 17.1. The lowest BCUT2D eigenvalue weighted by atomic mass is 9.96. The number of rotatable bonds is 8. The quantitative estimate of drug-likeness (QED) is 0.558. The molecular formula is C24H26N2O3. The summed E-state index contributed by atoms with van der Waals surface area (Å²) in [5.74, 6) is 5.85. The summed E-state index contributed by atoms with van der Waals surface area (Å²) in [5, 5.41) is 10.2. The van der Waals surface area contributed by atoms with Crippen molar-refractivity contribution in [1.29, 1.82) is 0 Å². The van der Waals surface area contributed by atoms with Crippen LogP contribution in [0.5, 0.6) is 5.75 Å². The van der Waals surface area contributed by atoms with Gasteiger partial charge in [0.15, 0.2) is 0 Å². The molecule has 0 aliphatic carbocycles. The highest BCUT2D eigenvalue weighted by molar-refractivity contribution is 5.76. The summed E-state index contributed by atoms with van der Waals surface area (Å²) in [6.45, 7) is 7.40. The smallest absolute Gasteiger partial charge is 0.304 e. The maximum atomic E-state index is 11.0. The number of aliphatic carboxylic acids is 1. The molecule has 3 rings (SSSR count). The maximum Gasteiger partial charge on any atom is 0.304 e. The van der Waals surface area contributed by atoms with Crippen LogP contribution in [0.4, 0.5) is 0 Å². The van der Waals surface area contributed by atoms with Crippen LogP contribution in [-0.4, -0.2) is 20.6 Å². The summed E-state index contributed by atoms with van der Waals surface area (Å²) < 4.78 is 8.07. The molecule has 0 radical (unpaired) electrons. The number of hydrogen-bond donors (Lipinski definition) is 1. The first-order chi connectivity index (χ1) is 14.0. The third kappa shape index (κ3) is 5.39. The highest BCUT2D eigenvalue weighted by Crippen LogP contribution is 2.23. The Bertz CT molecular complexity index is 1040. The van der Waals surface area contributed by atoms with Crippen molar-refractivity contribution in [3.05, 3.63) is 59.9 Å². The number of carboxylic acid groups (broad SMARTS) is 1. The molecule has 2 aromatic heterocycles. The Morgan fingerprint density at radius 2 is 1.93 bits per heavy atom. The van der Waals surface area contributed by atoms with E-state index in [2.05, 4.69) is 48.6 Å². The number of carbonyl (C=O) groups is 1. The van der Waals surface area contributed by atoms with E-state index in [0.29, 0.717) is 18.3 Å². The first-order valence-corrected chi connectivity index (χ1v) is 9.78. The van der Waals surface area contributed by atoms with Crippen molar-refractivity contribution in [1.82, 2.24) is 9.55 Å². The molecule has 0 saturated heterocycles. The summed E-state index contributed by atoms with van der Waals surface area (Å²) in [7, 11) is 0. The predicted molar refractivity (Wildman–Crippen MR) is 114 cm³/mol. The van der Waals surface area contributed by atoms with E-state index < -0.39 is 5.97 Å². The average Bonchev–Trinajstić information content (AvgIpc) is 3.08. The molecule has 0 bridgehead atoms. The Labute approximate surface area is 171 Å². The van der Waals surface area contributed by atoms with Crippen LogP contribution >= 0.6 is 0 Å². The van der Waals surface area contributed by atoms with Gasteiger partial charge in [0.25, 0.3) is 0 Å². The van der Waals surface area contributed by atoms with Crippen LogP contribution < -0.4 is 4.74 Å². The maximum absolute atomic E-state index is 11.0. The zero-order chi connectivity index (χ0) is 20.8. The molecule has 0 amide bonds. The topological polar surface area (TPSA) is 64.3 Å². The molecular weight excluding hydrogens is 364 g/mol. The van der Waals surface area contributed by atoms with Crippen molar-refractivity contribution in [2.75, 3.05) is 0 Å². The number of pyridine rings is 1. The monoisotopic (exact) mass is 390 g/mol. The van der Waals surface area contributed by atoms with E-state index >= 15 is 0 Å². The summed E-state index contributed by atoms with van der Waals surface area (Å²) in [5.41, 5.74) is 2.72. The third-order valence-corrected chi connectivity index (χ3v) is 4.60. The average molecular weight is 390 g/mol. The van der Waals surface area contributed by atoms with E-state index in [4.69, 9.17) is 14.8 Å². The van der Waals surface area contributed by atoms with Gasteiger partial charge in [-0.2, -0.15) is 0 Å². The van der Waals surface area contributed by atoms with Gasteiger partial charge in [0, 0.05) is 18.1 Å². The molecule has 1 aromatic carbocycles. The molecule has 1 atom stereocenters. The SMILES string of the molecule is CC#CC(CC(=O)O)c1ccc(OCc2ccc3ccn(CC(C)C)c3n2)cc1. The van der Waals surface area contributed by atoms with E-state index in [0.717, 1.165) is 28.8 Å². The summed E-state index contributed by atoms with van der Waals surface area (Å²) in [6.07, 6.45) is 2.06. The molecule has 1 N–H and O–H groups in total. The van der Waals surface area contributed by atoms with Crippen molar-refractivity contribution < 1.29 is 14.6 Å². The summed E-state index contributed by atoms with van der Waals surface area (Å²) in [4.78, 5) is 15.8. The lowest BCUT2D eigenvalue weighted by molar-refractivity contribution is -0.137. The molecule has 29 heavy (non-hydrogen) atoms. The van der Waals surface area contributed by atoms with Crippen LogP contribution in [-0.2, 0) is 17.9 Å².